The first-order valence-corrected chi connectivity index (χ1v) is 6.71. The molecule has 1 aromatic heterocycles. The van der Waals surface area contributed by atoms with Gasteiger partial charge in [0.25, 0.3) is 0 Å². The van der Waals surface area contributed by atoms with Gasteiger partial charge in [-0.3, -0.25) is 0 Å². The highest BCUT2D eigenvalue weighted by Gasteiger charge is 2.18. The van der Waals surface area contributed by atoms with Gasteiger partial charge in [0.2, 0.25) is 11.6 Å². The van der Waals surface area contributed by atoms with Crippen molar-refractivity contribution < 1.29 is 14.6 Å². The summed E-state index contributed by atoms with van der Waals surface area (Å²) in [6.45, 7) is 14.5. The number of hydrogen-bond acceptors (Lipinski definition) is 3. The molecule has 0 aliphatic carbocycles. The molecule has 22 heavy (non-hydrogen) atoms. The summed E-state index contributed by atoms with van der Waals surface area (Å²) in [6.07, 6.45) is 0. The Morgan fingerprint density at radius 1 is 1.18 bits per heavy atom. The third kappa shape index (κ3) is 2.91. The van der Waals surface area contributed by atoms with Gasteiger partial charge < -0.3 is 9.84 Å². The van der Waals surface area contributed by atoms with E-state index in [1.807, 2.05) is 32.9 Å². The van der Waals surface area contributed by atoms with Crippen LogP contribution in [0.5, 0.6) is 11.6 Å². The Kier molecular flexibility index (Phi) is 4.13. The lowest BCUT2D eigenvalue weighted by Crippen LogP contribution is -2.04. The van der Waals surface area contributed by atoms with E-state index in [4.69, 9.17) is 11.3 Å². The monoisotopic (exact) mass is 296 g/mol. The highest BCUT2D eigenvalue weighted by molar-refractivity contribution is 5.91. The minimum absolute atomic E-state index is 0.00690. The number of aromatic nitrogens is 1. The van der Waals surface area contributed by atoms with E-state index in [1.165, 1.54) is 6.07 Å². The summed E-state index contributed by atoms with van der Waals surface area (Å²) >= 11 is 0. The lowest BCUT2D eigenvalue weighted by molar-refractivity contribution is 0.0693. The van der Waals surface area contributed by atoms with Crippen molar-refractivity contribution in [2.45, 2.75) is 27.7 Å². The summed E-state index contributed by atoms with van der Waals surface area (Å²) in [7, 11) is 0. The molecule has 0 radical (unpaired) electrons. The van der Waals surface area contributed by atoms with E-state index in [2.05, 4.69) is 9.83 Å². The molecular weight excluding hydrogens is 280 g/mol. The molecule has 0 bridgehead atoms. The molecule has 0 saturated carbocycles. The third-order valence-corrected chi connectivity index (χ3v) is 3.31. The molecule has 0 unspecified atom stereocenters. The minimum atomic E-state index is -1.17. The summed E-state index contributed by atoms with van der Waals surface area (Å²) in [5.41, 5.74) is 3.45. The van der Waals surface area contributed by atoms with E-state index in [1.54, 1.807) is 6.92 Å². The Labute approximate surface area is 129 Å². The van der Waals surface area contributed by atoms with E-state index < -0.39 is 5.97 Å². The number of carboxylic acids is 1. The van der Waals surface area contributed by atoms with Gasteiger partial charge in [0.15, 0.2) is 0 Å². The van der Waals surface area contributed by atoms with Crippen LogP contribution in [0.4, 0.5) is 5.69 Å². The molecule has 0 aliphatic heterocycles. The first kappa shape index (κ1) is 15.5. The van der Waals surface area contributed by atoms with Crippen molar-refractivity contribution in [2.24, 2.45) is 0 Å². The summed E-state index contributed by atoms with van der Waals surface area (Å²) in [5.74, 6) is -0.571. The van der Waals surface area contributed by atoms with Crippen molar-refractivity contribution in [3.8, 4) is 11.6 Å². The molecule has 0 spiro atoms. The largest absolute Gasteiger partial charge is 0.478 e. The van der Waals surface area contributed by atoms with Crippen LogP contribution < -0.4 is 4.74 Å². The summed E-state index contributed by atoms with van der Waals surface area (Å²) in [4.78, 5) is 18.8. The molecule has 0 saturated heterocycles. The molecule has 0 atom stereocenters. The molecule has 2 aromatic rings. The fraction of sp³-hybridized carbons (Fsp3) is 0.235. The quantitative estimate of drug-likeness (QED) is 0.855. The molecule has 5 nitrogen and oxygen atoms in total. The minimum Gasteiger partial charge on any atom is -0.478 e. The van der Waals surface area contributed by atoms with E-state index in [9.17, 15) is 9.90 Å². The summed E-state index contributed by atoms with van der Waals surface area (Å²) < 4.78 is 5.77. The van der Waals surface area contributed by atoms with Crippen LogP contribution in [0.15, 0.2) is 18.2 Å². The van der Waals surface area contributed by atoms with Gasteiger partial charge in [0.05, 0.1) is 6.57 Å². The standard InChI is InChI=1S/C17H16N2O3/c1-9-6-10(2)15(11(3)7-9)22-16-13(17(20)21)8-14(18-5)12(4)19-16/h6-8H,1-4H3,(H,20,21). The van der Waals surface area contributed by atoms with Crippen LogP contribution >= 0.6 is 0 Å². The van der Waals surface area contributed by atoms with Gasteiger partial charge in [0.1, 0.15) is 11.3 Å². The van der Waals surface area contributed by atoms with Crippen molar-refractivity contribution in [3.63, 3.8) is 0 Å². The van der Waals surface area contributed by atoms with Crippen molar-refractivity contribution >= 4 is 11.7 Å². The Hall–Kier alpha value is -2.87. The smallest absolute Gasteiger partial charge is 0.339 e. The zero-order valence-electron chi connectivity index (χ0n) is 12.9. The van der Waals surface area contributed by atoms with Crippen LogP contribution in [0.3, 0.4) is 0 Å². The predicted octanol–water partition coefficient (Wildman–Crippen LogP) is 4.36. The van der Waals surface area contributed by atoms with Crippen LogP contribution in [0.2, 0.25) is 0 Å². The number of pyridine rings is 1. The number of benzene rings is 1. The second-order valence-corrected chi connectivity index (χ2v) is 5.19. The van der Waals surface area contributed by atoms with Gasteiger partial charge in [-0.25, -0.2) is 14.6 Å². The second-order valence-electron chi connectivity index (χ2n) is 5.19. The maximum Gasteiger partial charge on any atom is 0.339 e. The number of carbonyl (C=O) groups is 1. The number of aryl methyl sites for hydroxylation is 4. The highest BCUT2D eigenvalue weighted by atomic mass is 16.5. The Morgan fingerprint density at radius 3 is 2.27 bits per heavy atom. The molecule has 1 heterocycles. The number of carboxylic acid groups (broad SMARTS) is 1. The first-order chi connectivity index (χ1) is 10.3. The number of hydrogen-bond donors (Lipinski definition) is 1. The van der Waals surface area contributed by atoms with Gasteiger partial charge in [0, 0.05) is 5.69 Å². The first-order valence-electron chi connectivity index (χ1n) is 6.71. The maximum atomic E-state index is 11.4. The van der Waals surface area contributed by atoms with Crippen LogP contribution in [-0.2, 0) is 0 Å². The molecule has 0 amide bonds. The van der Waals surface area contributed by atoms with Gasteiger partial charge >= 0.3 is 5.97 Å². The average Bonchev–Trinajstić information content (AvgIpc) is 2.42. The number of aromatic carboxylic acids is 1. The van der Waals surface area contributed by atoms with E-state index in [0.29, 0.717) is 11.4 Å². The summed E-state index contributed by atoms with van der Waals surface area (Å²) in [6, 6.07) is 5.22. The second kappa shape index (κ2) is 5.86. The Morgan fingerprint density at radius 2 is 1.77 bits per heavy atom. The van der Waals surface area contributed by atoms with E-state index >= 15 is 0 Å². The van der Waals surface area contributed by atoms with Gasteiger partial charge in [-0.1, -0.05) is 17.7 Å². The molecule has 112 valence electrons. The fourth-order valence-corrected chi connectivity index (χ4v) is 2.34. The third-order valence-electron chi connectivity index (χ3n) is 3.31. The molecular formula is C17H16N2O3. The van der Waals surface area contributed by atoms with Crippen LogP contribution in [-0.4, -0.2) is 16.1 Å². The summed E-state index contributed by atoms with van der Waals surface area (Å²) in [5, 5.41) is 9.31. The lowest BCUT2D eigenvalue weighted by Gasteiger charge is -2.14. The van der Waals surface area contributed by atoms with Crippen molar-refractivity contribution in [3.05, 3.63) is 57.6 Å². The van der Waals surface area contributed by atoms with Gasteiger partial charge in [-0.2, -0.15) is 0 Å². The van der Waals surface area contributed by atoms with E-state index in [-0.39, 0.29) is 17.1 Å². The van der Waals surface area contributed by atoms with E-state index in [0.717, 1.165) is 16.7 Å². The van der Waals surface area contributed by atoms with Crippen LogP contribution in [0, 0.1) is 34.3 Å². The molecule has 1 N–H and O–H groups in total. The Bertz CT molecular complexity index is 781. The topological polar surface area (TPSA) is 63.8 Å². The Balaban J connectivity index is 2.57. The highest BCUT2D eigenvalue weighted by Crippen LogP contribution is 2.33. The molecule has 1 aromatic carbocycles. The average molecular weight is 296 g/mol. The zero-order valence-corrected chi connectivity index (χ0v) is 12.9. The maximum absolute atomic E-state index is 11.4. The fourth-order valence-electron chi connectivity index (χ4n) is 2.34. The van der Waals surface area contributed by atoms with Crippen molar-refractivity contribution in [2.75, 3.05) is 0 Å². The molecule has 5 heteroatoms. The number of ether oxygens (including phenoxy) is 1. The number of rotatable bonds is 3. The lowest BCUT2D eigenvalue weighted by atomic mass is 10.1. The molecule has 0 fully saturated rings. The van der Waals surface area contributed by atoms with Gasteiger partial charge in [-0.05, 0) is 44.9 Å². The number of nitrogens with zero attached hydrogens (tertiary/aromatic N) is 2. The van der Waals surface area contributed by atoms with Crippen molar-refractivity contribution in [1.82, 2.24) is 4.98 Å². The normalized spacial score (nSPS) is 10.1. The van der Waals surface area contributed by atoms with Crippen molar-refractivity contribution in [1.29, 1.82) is 0 Å². The molecule has 2 rings (SSSR count). The van der Waals surface area contributed by atoms with Crippen LogP contribution in [0.25, 0.3) is 4.85 Å². The van der Waals surface area contributed by atoms with Crippen LogP contribution in [0.1, 0.15) is 32.7 Å². The zero-order chi connectivity index (χ0) is 16.4. The molecule has 0 aliphatic rings. The predicted molar refractivity (Wildman–Crippen MR) is 82.9 cm³/mol. The SMILES string of the molecule is [C-]#[N+]c1cc(C(=O)O)c(Oc2c(C)cc(C)cc2C)nc1C. The van der Waals surface area contributed by atoms with Gasteiger partial charge in [-0.15, -0.1) is 0 Å².